The first-order valence-electron chi connectivity index (χ1n) is 8.40. The van der Waals surface area contributed by atoms with Crippen molar-refractivity contribution in [2.45, 2.75) is 13.5 Å². The molecular weight excluding hydrogens is 346 g/mol. The number of benzene rings is 2. The first kappa shape index (κ1) is 16.9. The summed E-state index contributed by atoms with van der Waals surface area (Å²) in [6.07, 6.45) is 0. The molecular formula is C21H17NO5. The lowest BCUT2D eigenvalue weighted by Crippen LogP contribution is -1.98. The highest BCUT2D eigenvalue weighted by molar-refractivity contribution is 5.92. The van der Waals surface area contributed by atoms with Gasteiger partial charge in [0.15, 0.2) is 0 Å². The van der Waals surface area contributed by atoms with Crippen LogP contribution in [0.25, 0.3) is 22.4 Å². The van der Waals surface area contributed by atoms with Crippen molar-refractivity contribution in [3.8, 4) is 17.2 Å². The second-order valence-corrected chi connectivity index (χ2v) is 5.98. The standard InChI is InChI=1S/C21H17NO5/c1-13-17(22-20(26-13)14-6-4-3-5-7-14)12-25-16-8-9-18-15(10-16)11-19(27-18)21(23)24-2/h3-11H,12H2,1-2H3. The van der Waals surface area contributed by atoms with Gasteiger partial charge in [-0.25, -0.2) is 9.78 Å². The number of hydrogen-bond acceptors (Lipinski definition) is 6. The first-order chi connectivity index (χ1) is 13.1. The van der Waals surface area contributed by atoms with E-state index in [2.05, 4.69) is 9.72 Å². The zero-order valence-electron chi connectivity index (χ0n) is 14.9. The summed E-state index contributed by atoms with van der Waals surface area (Å²) < 4.78 is 21.7. The van der Waals surface area contributed by atoms with Gasteiger partial charge in [0.25, 0.3) is 0 Å². The summed E-state index contributed by atoms with van der Waals surface area (Å²) in [5, 5.41) is 0.759. The number of oxazole rings is 1. The molecule has 6 nitrogen and oxygen atoms in total. The number of furan rings is 1. The fraction of sp³-hybridized carbons (Fsp3) is 0.143. The summed E-state index contributed by atoms with van der Waals surface area (Å²) in [5.74, 6) is 1.57. The second-order valence-electron chi connectivity index (χ2n) is 5.98. The summed E-state index contributed by atoms with van der Waals surface area (Å²) in [7, 11) is 1.31. The molecule has 0 aliphatic carbocycles. The fourth-order valence-corrected chi connectivity index (χ4v) is 2.73. The Kier molecular flexibility index (Phi) is 4.38. The third-order valence-corrected chi connectivity index (χ3v) is 4.16. The molecule has 0 N–H and O–H groups in total. The van der Waals surface area contributed by atoms with Crippen LogP contribution in [-0.4, -0.2) is 18.1 Å². The van der Waals surface area contributed by atoms with Gasteiger partial charge in [-0.2, -0.15) is 0 Å². The third kappa shape index (κ3) is 3.42. The van der Waals surface area contributed by atoms with E-state index in [1.54, 1.807) is 24.3 Å². The molecule has 0 fully saturated rings. The SMILES string of the molecule is COC(=O)c1cc2cc(OCc3nc(-c4ccccc4)oc3C)ccc2o1. The lowest BCUT2D eigenvalue weighted by molar-refractivity contribution is 0.0567. The van der Waals surface area contributed by atoms with Gasteiger partial charge in [-0.3, -0.25) is 0 Å². The number of nitrogens with zero attached hydrogens (tertiary/aromatic N) is 1. The predicted octanol–water partition coefficient (Wildman–Crippen LogP) is 4.76. The highest BCUT2D eigenvalue weighted by Crippen LogP contribution is 2.26. The summed E-state index contributed by atoms with van der Waals surface area (Å²) in [6.45, 7) is 2.13. The van der Waals surface area contributed by atoms with Crippen LogP contribution in [-0.2, 0) is 11.3 Å². The number of hydrogen-bond donors (Lipinski definition) is 0. The Morgan fingerprint density at radius 3 is 2.67 bits per heavy atom. The number of carbonyl (C=O) groups excluding carboxylic acids is 1. The van der Waals surface area contributed by atoms with E-state index < -0.39 is 5.97 Å². The van der Waals surface area contributed by atoms with Gasteiger partial charge in [0, 0.05) is 10.9 Å². The normalized spacial score (nSPS) is 10.9. The van der Waals surface area contributed by atoms with E-state index in [4.69, 9.17) is 13.6 Å². The second kappa shape index (κ2) is 6.99. The van der Waals surface area contributed by atoms with Crippen LogP contribution in [0.3, 0.4) is 0 Å². The molecule has 4 aromatic rings. The van der Waals surface area contributed by atoms with Crippen molar-refractivity contribution in [1.82, 2.24) is 4.98 Å². The number of esters is 1. The van der Waals surface area contributed by atoms with Gasteiger partial charge in [0.1, 0.15) is 29.4 Å². The van der Waals surface area contributed by atoms with Crippen molar-refractivity contribution >= 4 is 16.9 Å². The van der Waals surface area contributed by atoms with Gasteiger partial charge in [-0.1, -0.05) is 18.2 Å². The predicted molar refractivity (Wildman–Crippen MR) is 98.6 cm³/mol. The van der Waals surface area contributed by atoms with Crippen molar-refractivity contribution < 1.29 is 23.1 Å². The Morgan fingerprint density at radius 1 is 1.07 bits per heavy atom. The molecule has 2 aromatic carbocycles. The Balaban J connectivity index is 1.52. The van der Waals surface area contributed by atoms with Gasteiger partial charge in [-0.05, 0) is 43.3 Å². The molecule has 0 atom stereocenters. The molecule has 27 heavy (non-hydrogen) atoms. The summed E-state index contributed by atoms with van der Waals surface area (Å²) in [4.78, 5) is 16.1. The lowest BCUT2D eigenvalue weighted by Gasteiger charge is -2.04. The third-order valence-electron chi connectivity index (χ3n) is 4.16. The number of ether oxygens (including phenoxy) is 2. The van der Waals surface area contributed by atoms with Crippen LogP contribution in [0.5, 0.6) is 5.75 Å². The van der Waals surface area contributed by atoms with E-state index in [9.17, 15) is 4.79 Å². The highest BCUT2D eigenvalue weighted by atomic mass is 16.5. The van der Waals surface area contributed by atoms with E-state index in [1.165, 1.54) is 7.11 Å². The van der Waals surface area contributed by atoms with Crippen molar-refractivity contribution in [3.63, 3.8) is 0 Å². The Morgan fingerprint density at radius 2 is 1.89 bits per heavy atom. The molecule has 0 aliphatic rings. The zero-order valence-corrected chi connectivity index (χ0v) is 14.9. The monoisotopic (exact) mass is 363 g/mol. The molecule has 2 heterocycles. The molecule has 0 saturated carbocycles. The van der Waals surface area contributed by atoms with Crippen LogP contribution in [0.2, 0.25) is 0 Å². The summed E-state index contributed by atoms with van der Waals surface area (Å²) in [6, 6.07) is 16.7. The van der Waals surface area contributed by atoms with Gasteiger partial charge < -0.3 is 18.3 Å². The van der Waals surface area contributed by atoms with Crippen LogP contribution in [0.15, 0.2) is 63.4 Å². The van der Waals surface area contributed by atoms with Crippen molar-refractivity contribution in [2.75, 3.05) is 7.11 Å². The van der Waals surface area contributed by atoms with E-state index in [-0.39, 0.29) is 12.4 Å². The average Bonchev–Trinajstić information content (AvgIpc) is 3.29. The van der Waals surface area contributed by atoms with E-state index in [0.717, 1.165) is 16.6 Å². The molecule has 2 aromatic heterocycles. The minimum Gasteiger partial charge on any atom is -0.487 e. The molecule has 4 rings (SSSR count). The number of rotatable bonds is 5. The molecule has 0 amide bonds. The molecule has 0 spiro atoms. The molecule has 136 valence electrons. The number of fused-ring (bicyclic) bond motifs is 1. The first-order valence-corrected chi connectivity index (χ1v) is 8.40. The van der Waals surface area contributed by atoms with Crippen LogP contribution >= 0.6 is 0 Å². The Bertz CT molecular complexity index is 1090. The molecule has 6 heteroatoms. The van der Waals surface area contributed by atoms with Crippen molar-refractivity contribution in [3.05, 3.63) is 71.8 Å². The number of aryl methyl sites for hydroxylation is 1. The van der Waals surface area contributed by atoms with Crippen LogP contribution in [0.1, 0.15) is 22.0 Å². The average molecular weight is 363 g/mol. The molecule has 0 bridgehead atoms. The Hall–Kier alpha value is -3.54. The van der Waals surface area contributed by atoms with E-state index >= 15 is 0 Å². The minimum atomic E-state index is -0.514. The van der Waals surface area contributed by atoms with Gasteiger partial charge >= 0.3 is 5.97 Å². The highest BCUT2D eigenvalue weighted by Gasteiger charge is 2.14. The molecule has 0 aliphatic heterocycles. The van der Waals surface area contributed by atoms with Crippen molar-refractivity contribution in [2.24, 2.45) is 0 Å². The lowest BCUT2D eigenvalue weighted by atomic mass is 10.2. The smallest absolute Gasteiger partial charge is 0.373 e. The maximum atomic E-state index is 11.6. The minimum absolute atomic E-state index is 0.157. The molecule has 0 unspecified atom stereocenters. The maximum absolute atomic E-state index is 11.6. The number of aromatic nitrogens is 1. The van der Waals surface area contributed by atoms with Gasteiger partial charge in [0.2, 0.25) is 11.7 Å². The molecule has 0 saturated heterocycles. The largest absolute Gasteiger partial charge is 0.487 e. The van der Waals surface area contributed by atoms with Gasteiger partial charge in [0.05, 0.1) is 7.11 Å². The van der Waals surface area contributed by atoms with Crippen molar-refractivity contribution in [1.29, 1.82) is 0 Å². The Labute approximate surface area is 155 Å². The molecule has 0 radical (unpaired) electrons. The maximum Gasteiger partial charge on any atom is 0.373 e. The number of carbonyl (C=O) groups is 1. The van der Waals surface area contributed by atoms with E-state index in [1.807, 2.05) is 37.3 Å². The summed E-state index contributed by atoms with van der Waals surface area (Å²) in [5.41, 5.74) is 2.24. The van der Waals surface area contributed by atoms with Crippen LogP contribution < -0.4 is 4.74 Å². The topological polar surface area (TPSA) is 74.7 Å². The summed E-state index contributed by atoms with van der Waals surface area (Å²) >= 11 is 0. The van der Waals surface area contributed by atoms with Gasteiger partial charge in [-0.15, -0.1) is 0 Å². The van der Waals surface area contributed by atoms with Crippen LogP contribution in [0.4, 0.5) is 0 Å². The van der Waals surface area contributed by atoms with Crippen LogP contribution in [0, 0.1) is 6.92 Å². The number of methoxy groups -OCH3 is 1. The quantitative estimate of drug-likeness (QED) is 0.476. The van der Waals surface area contributed by atoms with E-state index in [0.29, 0.717) is 23.0 Å². The fourth-order valence-electron chi connectivity index (χ4n) is 2.73. The zero-order chi connectivity index (χ0) is 18.8.